The van der Waals surface area contributed by atoms with E-state index in [0.717, 1.165) is 34.7 Å². The van der Waals surface area contributed by atoms with Gasteiger partial charge >= 0.3 is 0 Å². The second-order valence-electron chi connectivity index (χ2n) is 8.22. The number of ether oxygens (including phenoxy) is 2. The molecule has 1 aliphatic heterocycles. The number of carbonyl (C=O) groups excluding carboxylic acids is 1. The summed E-state index contributed by atoms with van der Waals surface area (Å²) in [5.74, 6) is 2.40. The standard InChI is InChI=1S/C27H30N2O3S/c1-31-23-12-10-22(11-13-23)27(15-17-32-18-16-27)26(30)29-25-5-3-4-24(28-25)21-8-6-20(7-9-21)14-19-33-2/h3-13H,14-19H2,1-2H3,(H,28,29,30). The minimum Gasteiger partial charge on any atom is -0.497 e. The molecule has 2 heterocycles. The molecule has 0 radical (unpaired) electrons. The molecule has 1 saturated heterocycles. The average Bonchev–Trinajstić information content (AvgIpc) is 2.88. The Kier molecular flexibility index (Phi) is 7.68. The summed E-state index contributed by atoms with van der Waals surface area (Å²) in [4.78, 5) is 18.3. The second-order valence-corrected chi connectivity index (χ2v) is 9.21. The first-order valence-electron chi connectivity index (χ1n) is 11.2. The van der Waals surface area contributed by atoms with Crippen molar-refractivity contribution in [3.05, 3.63) is 77.9 Å². The number of pyridine rings is 1. The van der Waals surface area contributed by atoms with Crippen LogP contribution in [0.4, 0.5) is 5.82 Å². The highest BCUT2D eigenvalue weighted by atomic mass is 32.2. The average molecular weight is 463 g/mol. The number of nitrogens with one attached hydrogen (secondary N) is 1. The lowest BCUT2D eigenvalue weighted by molar-refractivity contribution is -0.125. The zero-order chi connectivity index (χ0) is 23.1. The number of rotatable bonds is 8. The minimum atomic E-state index is -0.652. The maximum Gasteiger partial charge on any atom is 0.236 e. The van der Waals surface area contributed by atoms with Crippen molar-refractivity contribution >= 4 is 23.5 Å². The Bertz CT molecular complexity index is 1060. The summed E-state index contributed by atoms with van der Waals surface area (Å²) in [5, 5.41) is 3.09. The zero-order valence-corrected chi connectivity index (χ0v) is 20.0. The monoisotopic (exact) mass is 462 g/mol. The van der Waals surface area contributed by atoms with Gasteiger partial charge in [-0.3, -0.25) is 4.79 Å². The van der Waals surface area contributed by atoms with Crippen molar-refractivity contribution < 1.29 is 14.3 Å². The molecule has 172 valence electrons. The largest absolute Gasteiger partial charge is 0.497 e. The molecule has 4 rings (SSSR count). The molecule has 0 aliphatic carbocycles. The van der Waals surface area contributed by atoms with E-state index in [1.807, 2.05) is 54.2 Å². The molecule has 0 spiro atoms. The fraction of sp³-hybridized carbons (Fsp3) is 0.333. The number of benzene rings is 2. The zero-order valence-electron chi connectivity index (χ0n) is 19.2. The Morgan fingerprint density at radius 3 is 2.45 bits per heavy atom. The Morgan fingerprint density at radius 1 is 1.06 bits per heavy atom. The molecule has 6 heteroatoms. The third-order valence-electron chi connectivity index (χ3n) is 6.26. The van der Waals surface area contributed by atoms with Crippen LogP contribution in [0.15, 0.2) is 66.7 Å². The predicted octanol–water partition coefficient (Wildman–Crippen LogP) is 5.35. The molecule has 0 unspecified atom stereocenters. The summed E-state index contributed by atoms with van der Waals surface area (Å²) in [6.45, 7) is 1.10. The van der Waals surface area contributed by atoms with Crippen LogP contribution in [-0.4, -0.2) is 43.2 Å². The van der Waals surface area contributed by atoms with Crippen molar-refractivity contribution in [2.75, 3.05) is 37.6 Å². The van der Waals surface area contributed by atoms with Gasteiger partial charge in [0.05, 0.1) is 18.2 Å². The summed E-state index contributed by atoms with van der Waals surface area (Å²) in [5.41, 5.74) is 3.52. The number of aromatic nitrogens is 1. The number of amides is 1. The number of methoxy groups -OCH3 is 1. The van der Waals surface area contributed by atoms with Crippen LogP contribution in [0.25, 0.3) is 11.3 Å². The van der Waals surface area contributed by atoms with Crippen molar-refractivity contribution in [1.82, 2.24) is 4.98 Å². The van der Waals surface area contributed by atoms with E-state index in [-0.39, 0.29) is 5.91 Å². The summed E-state index contributed by atoms with van der Waals surface area (Å²) >= 11 is 1.85. The number of aryl methyl sites for hydroxylation is 1. The van der Waals surface area contributed by atoms with Crippen molar-refractivity contribution in [3.8, 4) is 17.0 Å². The number of hydrogen-bond acceptors (Lipinski definition) is 5. The first-order valence-corrected chi connectivity index (χ1v) is 12.6. The van der Waals surface area contributed by atoms with Gasteiger partial charge < -0.3 is 14.8 Å². The van der Waals surface area contributed by atoms with Gasteiger partial charge in [0.15, 0.2) is 0 Å². The van der Waals surface area contributed by atoms with Crippen LogP contribution in [0.5, 0.6) is 5.75 Å². The first kappa shape index (κ1) is 23.3. The molecular weight excluding hydrogens is 432 g/mol. The van der Waals surface area contributed by atoms with Crippen LogP contribution in [0.1, 0.15) is 24.0 Å². The number of carbonyl (C=O) groups is 1. The SMILES string of the molecule is COc1ccc(C2(C(=O)Nc3cccc(-c4ccc(CCSC)cc4)n3)CCOCC2)cc1. The Balaban J connectivity index is 1.55. The Labute approximate surface area is 199 Å². The highest BCUT2D eigenvalue weighted by Crippen LogP contribution is 2.37. The van der Waals surface area contributed by atoms with Crippen LogP contribution >= 0.6 is 11.8 Å². The maximum absolute atomic E-state index is 13.6. The van der Waals surface area contributed by atoms with Gasteiger partial charge in [-0.2, -0.15) is 11.8 Å². The highest BCUT2D eigenvalue weighted by Gasteiger charge is 2.42. The van der Waals surface area contributed by atoms with Crippen LogP contribution in [0.3, 0.4) is 0 Å². The van der Waals surface area contributed by atoms with E-state index >= 15 is 0 Å². The van der Waals surface area contributed by atoms with Gasteiger partial charge in [0.25, 0.3) is 0 Å². The van der Waals surface area contributed by atoms with E-state index in [1.54, 1.807) is 7.11 Å². The molecule has 2 aromatic carbocycles. The van der Waals surface area contributed by atoms with Gasteiger partial charge in [-0.15, -0.1) is 0 Å². The molecular formula is C27H30N2O3S. The molecule has 0 atom stereocenters. The lowest BCUT2D eigenvalue weighted by Gasteiger charge is -2.36. The van der Waals surface area contributed by atoms with E-state index < -0.39 is 5.41 Å². The number of hydrogen-bond donors (Lipinski definition) is 1. The smallest absolute Gasteiger partial charge is 0.236 e. The minimum absolute atomic E-state index is 0.0481. The summed E-state index contributed by atoms with van der Waals surface area (Å²) in [6, 6.07) is 22.0. The molecule has 1 fully saturated rings. The van der Waals surface area contributed by atoms with E-state index in [9.17, 15) is 4.79 Å². The highest BCUT2D eigenvalue weighted by molar-refractivity contribution is 7.98. The van der Waals surface area contributed by atoms with E-state index in [1.165, 1.54) is 5.56 Å². The molecule has 1 N–H and O–H groups in total. The summed E-state index contributed by atoms with van der Waals surface area (Å²) < 4.78 is 10.9. The van der Waals surface area contributed by atoms with E-state index in [4.69, 9.17) is 14.5 Å². The van der Waals surface area contributed by atoms with Crippen LogP contribution in [0, 0.1) is 0 Å². The molecule has 0 bridgehead atoms. The van der Waals surface area contributed by atoms with Gasteiger partial charge in [0, 0.05) is 18.8 Å². The molecule has 1 aliphatic rings. The van der Waals surface area contributed by atoms with Crippen molar-refractivity contribution in [1.29, 1.82) is 0 Å². The van der Waals surface area contributed by atoms with Gasteiger partial charge in [-0.1, -0.05) is 42.5 Å². The summed E-state index contributed by atoms with van der Waals surface area (Å²) in [6.07, 6.45) is 4.43. The summed E-state index contributed by atoms with van der Waals surface area (Å²) in [7, 11) is 1.64. The van der Waals surface area contributed by atoms with Crippen molar-refractivity contribution in [3.63, 3.8) is 0 Å². The molecule has 1 aromatic heterocycles. The Hall–Kier alpha value is -2.83. The van der Waals surface area contributed by atoms with Gasteiger partial charge in [-0.25, -0.2) is 4.98 Å². The Morgan fingerprint density at radius 2 is 1.79 bits per heavy atom. The lowest BCUT2D eigenvalue weighted by atomic mass is 9.73. The van der Waals surface area contributed by atoms with Gasteiger partial charge in [0.2, 0.25) is 5.91 Å². The molecule has 1 amide bonds. The molecule has 33 heavy (non-hydrogen) atoms. The van der Waals surface area contributed by atoms with Crippen LogP contribution < -0.4 is 10.1 Å². The third kappa shape index (κ3) is 5.40. The fourth-order valence-corrected chi connectivity index (χ4v) is 4.68. The number of thioether (sulfide) groups is 1. The molecule has 5 nitrogen and oxygen atoms in total. The van der Waals surface area contributed by atoms with Crippen LogP contribution in [-0.2, 0) is 21.4 Å². The normalized spacial score (nSPS) is 15.1. The first-order chi connectivity index (χ1) is 16.1. The van der Waals surface area contributed by atoms with Crippen molar-refractivity contribution in [2.45, 2.75) is 24.7 Å². The third-order valence-corrected chi connectivity index (χ3v) is 6.87. The number of nitrogens with zero attached hydrogens (tertiary/aromatic N) is 1. The lowest BCUT2D eigenvalue weighted by Crippen LogP contribution is -2.45. The van der Waals surface area contributed by atoms with Crippen molar-refractivity contribution in [2.24, 2.45) is 0 Å². The maximum atomic E-state index is 13.6. The topological polar surface area (TPSA) is 60.5 Å². The van der Waals surface area contributed by atoms with Gasteiger partial charge in [0.1, 0.15) is 11.6 Å². The quantitative estimate of drug-likeness (QED) is 0.489. The molecule has 0 saturated carbocycles. The fourth-order valence-electron chi connectivity index (χ4n) is 4.24. The van der Waals surface area contributed by atoms with Gasteiger partial charge in [-0.05, 0) is 66.7 Å². The van der Waals surface area contributed by atoms with Crippen LogP contribution in [0.2, 0.25) is 0 Å². The number of anilines is 1. The van der Waals surface area contributed by atoms with E-state index in [2.05, 4.69) is 35.8 Å². The second kappa shape index (κ2) is 10.9. The van der Waals surface area contributed by atoms with E-state index in [0.29, 0.717) is 31.9 Å². The molecule has 3 aromatic rings. The predicted molar refractivity (Wildman–Crippen MR) is 135 cm³/mol.